The fourth-order valence-corrected chi connectivity index (χ4v) is 5.11. The predicted octanol–water partition coefficient (Wildman–Crippen LogP) is 5.04. The molecule has 0 saturated heterocycles. The highest BCUT2D eigenvalue weighted by Crippen LogP contribution is 2.45. The number of ether oxygens (including phenoxy) is 1. The molecule has 2 heterocycles. The lowest BCUT2D eigenvalue weighted by Crippen LogP contribution is -2.30. The van der Waals surface area contributed by atoms with Gasteiger partial charge in [0.1, 0.15) is 5.75 Å². The van der Waals surface area contributed by atoms with E-state index in [-0.39, 0.29) is 0 Å². The average molecular weight is 366 g/mol. The van der Waals surface area contributed by atoms with Crippen LogP contribution in [-0.2, 0) is 0 Å². The number of fused-ring (bicyclic) bond motifs is 1. The van der Waals surface area contributed by atoms with Gasteiger partial charge in [-0.3, -0.25) is 0 Å². The van der Waals surface area contributed by atoms with Crippen LogP contribution in [0, 0.1) is 6.92 Å². The molecule has 21 heavy (non-hydrogen) atoms. The van der Waals surface area contributed by atoms with Gasteiger partial charge in [-0.05, 0) is 53.5 Å². The van der Waals surface area contributed by atoms with Crippen molar-refractivity contribution < 1.29 is 4.74 Å². The first-order valence-electron chi connectivity index (χ1n) is 7.41. The van der Waals surface area contributed by atoms with Crippen LogP contribution in [0.5, 0.6) is 5.75 Å². The average Bonchev–Trinajstić information content (AvgIpc) is 2.83. The van der Waals surface area contributed by atoms with Crippen LogP contribution in [0.1, 0.15) is 40.6 Å². The highest BCUT2D eigenvalue weighted by Gasteiger charge is 2.31. The van der Waals surface area contributed by atoms with Crippen molar-refractivity contribution in [3.8, 4) is 5.75 Å². The third kappa shape index (κ3) is 3.03. The molecule has 2 unspecified atom stereocenters. The summed E-state index contributed by atoms with van der Waals surface area (Å²) in [5.41, 5.74) is 1.33. The van der Waals surface area contributed by atoms with E-state index < -0.39 is 0 Å². The van der Waals surface area contributed by atoms with Crippen molar-refractivity contribution in [2.24, 2.45) is 0 Å². The fraction of sp³-hybridized carbons (Fsp3) is 0.412. The van der Waals surface area contributed by atoms with Gasteiger partial charge in [-0.2, -0.15) is 0 Å². The van der Waals surface area contributed by atoms with Gasteiger partial charge in [0.2, 0.25) is 0 Å². The van der Waals surface area contributed by atoms with Crippen molar-refractivity contribution in [3.05, 3.63) is 50.1 Å². The van der Waals surface area contributed by atoms with Gasteiger partial charge in [0, 0.05) is 26.2 Å². The maximum absolute atomic E-state index is 5.82. The van der Waals surface area contributed by atoms with Crippen LogP contribution in [-0.4, -0.2) is 13.2 Å². The van der Waals surface area contributed by atoms with E-state index in [9.17, 15) is 0 Å². The number of para-hydroxylation sites is 1. The molecule has 2 nitrogen and oxygen atoms in total. The van der Waals surface area contributed by atoms with Crippen LogP contribution in [0.3, 0.4) is 0 Å². The Balaban J connectivity index is 2.01. The van der Waals surface area contributed by atoms with Gasteiger partial charge >= 0.3 is 0 Å². The van der Waals surface area contributed by atoms with Crippen LogP contribution in [0.25, 0.3) is 0 Å². The Bertz CT molecular complexity index is 625. The minimum Gasteiger partial charge on any atom is -0.493 e. The van der Waals surface area contributed by atoms with E-state index >= 15 is 0 Å². The van der Waals surface area contributed by atoms with Crippen molar-refractivity contribution in [2.75, 3.05) is 13.2 Å². The minimum atomic E-state index is 0.341. The van der Waals surface area contributed by atoms with E-state index in [1.807, 2.05) is 11.3 Å². The molecule has 0 aliphatic carbocycles. The number of likely N-dealkylation sites (N-methyl/N-ethyl adjacent to an activating group) is 1. The van der Waals surface area contributed by atoms with E-state index in [0.717, 1.165) is 25.3 Å². The predicted molar refractivity (Wildman–Crippen MR) is 92.5 cm³/mol. The zero-order valence-electron chi connectivity index (χ0n) is 12.4. The first-order valence-corrected chi connectivity index (χ1v) is 9.02. The molecule has 0 saturated carbocycles. The summed E-state index contributed by atoms with van der Waals surface area (Å²) in [6.45, 7) is 6.10. The lowest BCUT2D eigenvalue weighted by atomic mass is 9.86. The molecule has 1 aliphatic heterocycles. The molecule has 1 aromatic carbocycles. The number of benzene rings is 1. The number of rotatable bonds is 4. The molecule has 2 atom stereocenters. The van der Waals surface area contributed by atoms with Crippen molar-refractivity contribution in [1.29, 1.82) is 0 Å². The molecule has 4 heteroatoms. The number of nitrogens with one attached hydrogen (secondary N) is 1. The largest absolute Gasteiger partial charge is 0.493 e. The van der Waals surface area contributed by atoms with Gasteiger partial charge in [0.25, 0.3) is 0 Å². The molecule has 0 radical (unpaired) electrons. The lowest BCUT2D eigenvalue weighted by Gasteiger charge is -2.32. The summed E-state index contributed by atoms with van der Waals surface area (Å²) in [4.78, 5) is 2.75. The smallest absolute Gasteiger partial charge is 0.122 e. The van der Waals surface area contributed by atoms with Gasteiger partial charge in [-0.1, -0.05) is 25.1 Å². The maximum atomic E-state index is 5.82. The second-order valence-electron chi connectivity index (χ2n) is 5.39. The zero-order chi connectivity index (χ0) is 14.8. The van der Waals surface area contributed by atoms with Crippen molar-refractivity contribution in [1.82, 2.24) is 5.32 Å². The zero-order valence-corrected chi connectivity index (χ0v) is 14.8. The Morgan fingerprint density at radius 1 is 1.43 bits per heavy atom. The van der Waals surface area contributed by atoms with Gasteiger partial charge < -0.3 is 10.1 Å². The monoisotopic (exact) mass is 365 g/mol. The molecular formula is C17H20BrNOS. The SMILES string of the molecule is CCNC(c1sc(C)cc1Br)C1CCOc2ccccc21. The molecule has 1 N–H and O–H groups in total. The second kappa shape index (κ2) is 6.51. The molecule has 112 valence electrons. The third-order valence-electron chi connectivity index (χ3n) is 3.95. The highest BCUT2D eigenvalue weighted by atomic mass is 79.9. The topological polar surface area (TPSA) is 21.3 Å². The summed E-state index contributed by atoms with van der Waals surface area (Å²) >= 11 is 5.61. The Labute approximate surface area is 138 Å². The lowest BCUT2D eigenvalue weighted by molar-refractivity contribution is 0.247. The first-order chi connectivity index (χ1) is 10.2. The van der Waals surface area contributed by atoms with Crippen molar-refractivity contribution in [3.63, 3.8) is 0 Å². The molecular weight excluding hydrogens is 346 g/mol. The Kier molecular flexibility index (Phi) is 4.67. The first kappa shape index (κ1) is 15.1. The third-order valence-corrected chi connectivity index (χ3v) is 6.00. The summed E-state index contributed by atoms with van der Waals surface area (Å²) in [5, 5.41) is 3.69. The van der Waals surface area contributed by atoms with E-state index in [4.69, 9.17) is 4.74 Å². The normalized spacial score (nSPS) is 18.9. The van der Waals surface area contributed by atoms with Crippen molar-refractivity contribution in [2.45, 2.75) is 32.2 Å². The second-order valence-corrected chi connectivity index (χ2v) is 7.53. The fourth-order valence-electron chi connectivity index (χ4n) is 3.07. The van der Waals surface area contributed by atoms with Crippen LogP contribution in [0.2, 0.25) is 0 Å². The number of aryl methyl sites for hydroxylation is 1. The van der Waals surface area contributed by atoms with Gasteiger partial charge in [-0.15, -0.1) is 11.3 Å². The molecule has 0 bridgehead atoms. The van der Waals surface area contributed by atoms with Crippen LogP contribution in [0.15, 0.2) is 34.8 Å². The van der Waals surface area contributed by atoms with Gasteiger partial charge in [0.05, 0.1) is 6.61 Å². The quantitative estimate of drug-likeness (QED) is 0.819. The number of thiophene rings is 1. The number of hydrogen-bond donors (Lipinski definition) is 1. The van der Waals surface area contributed by atoms with Crippen LogP contribution in [0.4, 0.5) is 0 Å². The van der Waals surface area contributed by atoms with E-state index in [1.165, 1.54) is 19.8 Å². The molecule has 3 rings (SSSR count). The molecule has 1 aromatic heterocycles. The van der Waals surface area contributed by atoms with E-state index in [1.54, 1.807) is 0 Å². The van der Waals surface area contributed by atoms with Crippen molar-refractivity contribution >= 4 is 27.3 Å². The van der Waals surface area contributed by atoms with Crippen LogP contribution >= 0.6 is 27.3 Å². The standard InChI is InChI=1S/C17H20BrNOS/c1-3-19-16(17-14(18)10-11(2)21-17)13-8-9-20-15-7-5-4-6-12(13)15/h4-7,10,13,16,19H,3,8-9H2,1-2H3. The summed E-state index contributed by atoms with van der Waals surface area (Å²) in [6, 6.07) is 11.0. The summed E-state index contributed by atoms with van der Waals surface area (Å²) in [6.07, 6.45) is 1.05. The summed E-state index contributed by atoms with van der Waals surface area (Å²) in [7, 11) is 0. The van der Waals surface area contributed by atoms with Gasteiger partial charge in [0.15, 0.2) is 0 Å². The Morgan fingerprint density at radius 2 is 2.24 bits per heavy atom. The summed E-state index contributed by atoms with van der Waals surface area (Å²) < 4.78 is 7.04. The molecule has 0 amide bonds. The number of halogens is 1. The van der Waals surface area contributed by atoms with E-state index in [0.29, 0.717) is 12.0 Å². The Morgan fingerprint density at radius 3 is 2.95 bits per heavy atom. The highest BCUT2D eigenvalue weighted by molar-refractivity contribution is 9.10. The Hall–Kier alpha value is -0.840. The minimum absolute atomic E-state index is 0.341. The van der Waals surface area contributed by atoms with E-state index in [2.05, 4.69) is 65.4 Å². The van der Waals surface area contributed by atoms with Crippen LogP contribution < -0.4 is 10.1 Å². The van der Waals surface area contributed by atoms with Gasteiger partial charge in [-0.25, -0.2) is 0 Å². The summed E-state index contributed by atoms with van der Waals surface area (Å²) in [5.74, 6) is 1.50. The molecule has 2 aromatic rings. The molecule has 1 aliphatic rings. The number of hydrogen-bond acceptors (Lipinski definition) is 3. The molecule has 0 fully saturated rings. The maximum Gasteiger partial charge on any atom is 0.122 e. The molecule has 0 spiro atoms.